The first-order chi connectivity index (χ1) is 11.8. The van der Waals surface area contributed by atoms with Crippen LogP contribution in [-0.2, 0) is 14.3 Å². The second kappa shape index (κ2) is 20.8. The van der Waals surface area contributed by atoms with Gasteiger partial charge < -0.3 is 9.47 Å². The van der Waals surface area contributed by atoms with Crippen molar-refractivity contribution in [3.8, 4) is 0 Å². The van der Waals surface area contributed by atoms with Crippen LogP contribution < -0.4 is 0 Å². The molecule has 24 heavy (non-hydrogen) atoms. The van der Waals surface area contributed by atoms with E-state index >= 15 is 0 Å². The molecule has 0 bridgehead atoms. The Morgan fingerprint density at radius 1 is 0.708 bits per heavy atom. The van der Waals surface area contributed by atoms with Crippen molar-refractivity contribution in [1.29, 1.82) is 0 Å². The third kappa shape index (κ3) is 19.8. The molecule has 0 unspecified atom stereocenters. The summed E-state index contributed by atoms with van der Waals surface area (Å²) in [4.78, 5) is 11.5. The predicted octanol–water partition coefficient (Wildman–Crippen LogP) is 6.27. The molecule has 0 amide bonds. The van der Waals surface area contributed by atoms with Crippen molar-refractivity contribution >= 4 is 17.6 Å². The highest BCUT2D eigenvalue weighted by atomic mass is 35.5. The largest absolute Gasteiger partial charge is 0.463 e. The van der Waals surface area contributed by atoms with E-state index in [0.29, 0.717) is 32.1 Å². The molecule has 3 nitrogen and oxygen atoms in total. The summed E-state index contributed by atoms with van der Waals surface area (Å²) in [6.45, 7) is 3.56. The Hall–Kier alpha value is -0.280. The Bertz CT molecular complexity index is 259. The van der Waals surface area contributed by atoms with Crippen LogP contribution in [0.5, 0.6) is 0 Å². The summed E-state index contributed by atoms with van der Waals surface area (Å²) in [6, 6.07) is 0. The highest BCUT2D eigenvalue weighted by Crippen LogP contribution is 2.13. The van der Waals surface area contributed by atoms with E-state index in [1.165, 1.54) is 70.6 Å². The molecule has 0 saturated carbocycles. The highest BCUT2D eigenvalue weighted by Gasteiger charge is 2.02. The van der Waals surface area contributed by atoms with E-state index in [1.54, 1.807) is 0 Å². The van der Waals surface area contributed by atoms with Crippen molar-refractivity contribution in [3.63, 3.8) is 0 Å². The standard InChI is InChI=1S/C20H39ClO3/c1-2-3-4-5-6-7-8-9-10-11-12-13-14-15-20(22)24-19-18-23-17-16-21/h2-19H2,1H3. The van der Waals surface area contributed by atoms with E-state index in [1.807, 2.05) is 0 Å². The molecular formula is C20H39ClO3. The van der Waals surface area contributed by atoms with Gasteiger partial charge in [-0.15, -0.1) is 11.6 Å². The summed E-state index contributed by atoms with van der Waals surface area (Å²) in [5, 5.41) is 0. The van der Waals surface area contributed by atoms with Crippen LogP contribution in [0.15, 0.2) is 0 Å². The molecule has 0 atom stereocenters. The second-order valence-corrected chi connectivity index (χ2v) is 6.89. The van der Waals surface area contributed by atoms with Gasteiger partial charge in [0.2, 0.25) is 0 Å². The smallest absolute Gasteiger partial charge is 0.305 e. The molecule has 0 radical (unpaired) electrons. The van der Waals surface area contributed by atoms with Crippen molar-refractivity contribution < 1.29 is 14.3 Å². The Morgan fingerprint density at radius 2 is 1.21 bits per heavy atom. The number of esters is 1. The van der Waals surface area contributed by atoms with Crippen LogP contribution in [0.2, 0.25) is 0 Å². The molecule has 0 fully saturated rings. The average molecular weight is 363 g/mol. The molecule has 0 aliphatic carbocycles. The molecule has 144 valence electrons. The highest BCUT2D eigenvalue weighted by molar-refractivity contribution is 6.17. The Labute approximate surface area is 154 Å². The molecule has 0 heterocycles. The van der Waals surface area contributed by atoms with Gasteiger partial charge >= 0.3 is 5.97 Å². The minimum atomic E-state index is -0.104. The number of halogens is 1. The Morgan fingerprint density at radius 3 is 1.71 bits per heavy atom. The van der Waals surface area contributed by atoms with E-state index in [0.717, 1.165) is 12.8 Å². The normalized spacial score (nSPS) is 10.9. The fraction of sp³-hybridized carbons (Fsp3) is 0.950. The Kier molecular flexibility index (Phi) is 20.5. The van der Waals surface area contributed by atoms with E-state index in [-0.39, 0.29) is 5.97 Å². The van der Waals surface area contributed by atoms with Gasteiger partial charge in [-0.25, -0.2) is 0 Å². The molecule has 0 aliphatic rings. The van der Waals surface area contributed by atoms with Gasteiger partial charge in [0.15, 0.2) is 0 Å². The summed E-state index contributed by atoms with van der Waals surface area (Å²) in [5.41, 5.74) is 0. The molecule has 0 saturated heterocycles. The lowest BCUT2D eigenvalue weighted by atomic mass is 10.0. The third-order valence-corrected chi connectivity index (χ3v) is 4.35. The van der Waals surface area contributed by atoms with Crippen molar-refractivity contribution in [2.45, 2.75) is 96.8 Å². The summed E-state index contributed by atoms with van der Waals surface area (Å²) in [6.07, 6.45) is 17.7. The van der Waals surface area contributed by atoms with Gasteiger partial charge in [-0.1, -0.05) is 84.0 Å². The van der Waals surface area contributed by atoms with E-state index in [4.69, 9.17) is 21.1 Å². The topological polar surface area (TPSA) is 35.5 Å². The zero-order valence-electron chi connectivity index (χ0n) is 15.8. The average Bonchev–Trinajstić information content (AvgIpc) is 2.59. The maximum absolute atomic E-state index is 11.5. The van der Waals surface area contributed by atoms with E-state index in [9.17, 15) is 4.79 Å². The van der Waals surface area contributed by atoms with Crippen molar-refractivity contribution in [1.82, 2.24) is 0 Å². The minimum Gasteiger partial charge on any atom is -0.463 e. The molecule has 0 aliphatic heterocycles. The van der Waals surface area contributed by atoms with Gasteiger partial charge in [0.05, 0.1) is 13.2 Å². The molecule has 0 aromatic carbocycles. The van der Waals surface area contributed by atoms with Crippen molar-refractivity contribution in [2.24, 2.45) is 0 Å². The molecule has 0 N–H and O–H groups in total. The summed E-state index contributed by atoms with van der Waals surface area (Å²) >= 11 is 5.48. The summed E-state index contributed by atoms with van der Waals surface area (Å²) in [5.74, 6) is 0.375. The molecule has 0 spiro atoms. The number of carbonyl (C=O) groups is 1. The molecule has 0 aromatic heterocycles. The first-order valence-corrected chi connectivity index (χ1v) is 10.6. The first-order valence-electron chi connectivity index (χ1n) is 10.1. The maximum atomic E-state index is 11.5. The molecule has 0 aromatic rings. The SMILES string of the molecule is CCCCCCCCCCCCCCCC(=O)OCCOCCCl. The first kappa shape index (κ1) is 23.7. The number of hydrogen-bond donors (Lipinski definition) is 0. The van der Waals surface area contributed by atoms with Gasteiger partial charge in [-0.3, -0.25) is 4.79 Å². The van der Waals surface area contributed by atoms with Crippen LogP contribution in [0.3, 0.4) is 0 Å². The van der Waals surface area contributed by atoms with E-state index in [2.05, 4.69) is 6.92 Å². The number of ether oxygens (including phenoxy) is 2. The van der Waals surface area contributed by atoms with E-state index < -0.39 is 0 Å². The van der Waals surface area contributed by atoms with Gasteiger partial charge in [0.1, 0.15) is 6.61 Å². The van der Waals surface area contributed by atoms with Crippen LogP contribution >= 0.6 is 11.6 Å². The third-order valence-electron chi connectivity index (χ3n) is 4.20. The van der Waals surface area contributed by atoms with Crippen LogP contribution in [0, 0.1) is 0 Å². The monoisotopic (exact) mass is 362 g/mol. The second-order valence-electron chi connectivity index (χ2n) is 6.51. The van der Waals surface area contributed by atoms with Crippen LogP contribution in [0.1, 0.15) is 96.8 Å². The zero-order chi connectivity index (χ0) is 17.7. The Balaban J connectivity index is 3.10. The van der Waals surface area contributed by atoms with Crippen LogP contribution in [0.4, 0.5) is 0 Å². The maximum Gasteiger partial charge on any atom is 0.305 e. The number of unbranched alkanes of at least 4 members (excludes halogenated alkanes) is 12. The fourth-order valence-electron chi connectivity index (χ4n) is 2.73. The minimum absolute atomic E-state index is 0.104. The van der Waals surface area contributed by atoms with Gasteiger partial charge in [-0.2, -0.15) is 0 Å². The van der Waals surface area contributed by atoms with Gasteiger partial charge in [-0.05, 0) is 6.42 Å². The van der Waals surface area contributed by atoms with Crippen molar-refractivity contribution in [2.75, 3.05) is 25.7 Å². The lowest BCUT2D eigenvalue weighted by molar-refractivity contribution is -0.145. The molecule has 0 rings (SSSR count). The number of hydrogen-bond acceptors (Lipinski definition) is 3. The van der Waals surface area contributed by atoms with Crippen molar-refractivity contribution in [3.05, 3.63) is 0 Å². The molecular weight excluding hydrogens is 324 g/mol. The predicted molar refractivity (Wildman–Crippen MR) is 103 cm³/mol. The lowest BCUT2D eigenvalue weighted by Gasteiger charge is -2.05. The van der Waals surface area contributed by atoms with Crippen LogP contribution in [-0.4, -0.2) is 31.7 Å². The summed E-state index contributed by atoms with van der Waals surface area (Å²) in [7, 11) is 0. The fourth-order valence-corrected chi connectivity index (χ4v) is 2.84. The summed E-state index contributed by atoms with van der Waals surface area (Å²) < 4.78 is 10.2. The number of carbonyl (C=O) groups excluding carboxylic acids is 1. The lowest BCUT2D eigenvalue weighted by Crippen LogP contribution is -2.11. The number of rotatable bonds is 19. The van der Waals surface area contributed by atoms with Gasteiger partial charge in [0.25, 0.3) is 0 Å². The van der Waals surface area contributed by atoms with Crippen LogP contribution in [0.25, 0.3) is 0 Å². The zero-order valence-corrected chi connectivity index (χ0v) is 16.6. The molecule has 4 heteroatoms. The number of alkyl halides is 1. The van der Waals surface area contributed by atoms with Gasteiger partial charge in [0, 0.05) is 12.3 Å². The quantitative estimate of drug-likeness (QED) is 0.154.